The van der Waals surface area contributed by atoms with E-state index < -0.39 is 0 Å². The molecule has 128 valence electrons. The van der Waals surface area contributed by atoms with Crippen molar-refractivity contribution in [1.82, 2.24) is 0 Å². The minimum Gasteiger partial charge on any atom is -0.489 e. The van der Waals surface area contributed by atoms with Gasteiger partial charge in [0.1, 0.15) is 23.9 Å². The highest BCUT2D eigenvalue weighted by Gasteiger charge is 2.08. The van der Waals surface area contributed by atoms with Crippen molar-refractivity contribution < 1.29 is 9.47 Å². The SMILES string of the molecule is CNc1cccc(C)c1COc1ccc(Oc2ccccc2)cc1C. The van der Waals surface area contributed by atoms with Gasteiger partial charge < -0.3 is 14.8 Å². The normalized spacial score (nSPS) is 10.4. The third-order valence-electron chi connectivity index (χ3n) is 4.18. The van der Waals surface area contributed by atoms with Gasteiger partial charge in [0.15, 0.2) is 0 Å². The molecule has 0 aliphatic heterocycles. The second kappa shape index (κ2) is 7.75. The molecule has 3 nitrogen and oxygen atoms in total. The van der Waals surface area contributed by atoms with E-state index in [0.717, 1.165) is 28.5 Å². The lowest BCUT2D eigenvalue weighted by molar-refractivity contribution is 0.303. The van der Waals surface area contributed by atoms with E-state index in [-0.39, 0.29) is 0 Å². The summed E-state index contributed by atoms with van der Waals surface area (Å²) in [6, 6.07) is 21.9. The van der Waals surface area contributed by atoms with Crippen LogP contribution in [0.3, 0.4) is 0 Å². The molecule has 3 aromatic rings. The van der Waals surface area contributed by atoms with E-state index >= 15 is 0 Å². The molecule has 0 unspecified atom stereocenters. The van der Waals surface area contributed by atoms with Gasteiger partial charge in [0.25, 0.3) is 0 Å². The molecule has 0 radical (unpaired) electrons. The van der Waals surface area contributed by atoms with Gasteiger partial charge in [-0.25, -0.2) is 0 Å². The Kier molecular flexibility index (Phi) is 5.24. The van der Waals surface area contributed by atoms with Crippen LogP contribution in [0.25, 0.3) is 0 Å². The van der Waals surface area contributed by atoms with Crippen molar-refractivity contribution in [3.8, 4) is 17.2 Å². The smallest absolute Gasteiger partial charge is 0.127 e. The largest absolute Gasteiger partial charge is 0.489 e. The predicted molar refractivity (Wildman–Crippen MR) is 103 cm³/mol. The molecule has 0 saturated heterocycles. The minimum atomic E-state index is 0.530. The molecule has 0 aromatic heterocycles. The van der Waals surface area contributed by atoms with E-state index in [4.69, 9.17) is 9.47 Å². The number of ether oxygens (including phenoxy) is 2. The minimum absolute atomic E-state index is 0.530. The molecule has 25 heavy (non-hydrogen) atoms. The average molecular weight is 333 g/mol. The molecular weight excluding hydrogens is 310 g/mol. The summed E-state index contributed by atoms with van der Waals surface area (Å²) in [5, 5.41) is 3.22. The third-order valence-corrected chi connectivity index (χ3v) is 4.18. The molecule has 0 bridgehead atoms. The van der Waals surface area contributed by atoms with Crippen LogP contribution >= 0.6 is 0 Å². The summed E-state index contributed by atoms with van der Waals surface area (Å²) >= 11 is 0. The maximum absolute atomic E-state index is 6.06. The Hall–Kier alpha value is -2.94. The molecule has 1 N–H and O–H groups in total. The first kappa shape index (κ1) is 16.9. The highest BCUT2D eigenvalue weighted by molar-refractivity contribution is 5.54. The van der Waals surface area contributed by atoms with Gasteiger partial charge in [-0.1, -0.05) is 30.3 Å². The number of hydrogen-bond acceptors (Lipinski definition) is 3. The molecular formula is C22H23NO2. The van der Waals surface area contributed by atoms with Crippen LogP contribution < -0.4 is 14.8 Å². The Bertz CT molecular complexity index is 844. The first-order valence-corrected chi connectivity index (χ1v) is 8.40. The van der Waals surface area contributed by atoms with Crippen molar-refractivity contribution >= 4 is 5.69 Å². The van der Waals surface area contributed by atoms with Crippen LogP contribution in [0.5, 0.6) is 17.2 Å². The summed E-state index contributed by atoms with van der Waals surface area (Å²) < 4.78 is 11.9. The van der Waals surface area contributed by atoms with Gasteiger partial charge in [-0.3, -0.25) is 0 Å². The second-order valence-corrected chi connectivity index (χ2v) is 5.98. The van der Waals surface area contributed by atoms with Gasteiger partial charge >= 0.3 is 0 Å². The average Bonchev–Trinajstić information content (AvgIpc) is 2.62. The second-order valence-electron chi connectivity index (χ2n) is 5.98. The summed E-state index contributed by atoms with van der Waals surface area (Å²) in [7, 11) is 1.93. The Labute approximate surface area is 149 Å². The summed E-state index contributed by atoms with van der Waals surface area (Å²) in [5.74, 6) is 2.50. The highest BCUT2D eigenvalue weighted by Crippen LogP contribution is 2.29. The molecule has 0 fully saturated rings. The van der Waals surface area contributed by atoms with Gasteiger partial charge in [-0.2, -0.15) is 0 Å². The third kappa shape index (κ3) is 4.13. The molecule has 0 aliphatic rings. The van der Waals surface area contributed by atoms with Crippen LogP contribution in [-0.4, -0.2) is 7.05 Å². The van der Waals surface area contributed by atoms with Crippen LogP contribution in [0.4, 0.5) is 5.69 Å². The zero-order valence-electron chi connectivity index (χ0n) is 14.9. The van der Waals surface area contributed by atoms with Gasteiger partial charge in [-0.15, -0.1) is 0 Å². The van der Waals surface area contributed by atoms with E-state index in [0.29, 0.717) is 6.61 Å². The first-order chi connectivity index (χ1) is 12.2. The van der Waals surface area contributed by atoms with Crippen LogP contribution in [0.1, 0.15) is 16.7 Å². The fourth-order valence-corrected chi connectivity index (χ4v) is 2.75. The number of benzene rings is 3. The number of para-hydroxylation sites is 1. The van der Waals surface area contributed by atoms with E-state index in [2.05, 4.69) is 24.4 Å². The van der Waals surface area contributed by atoms with Crippen molar-refractivity contribution in [1.29, 1.82) is 0 Å². The zero-order valence-corrected chi connectivity index (χ0v) is 14.9. The Balaban J connectivity index is 1.72. The number of nitrogens with one attached hydrogen (secondary N) is 1. The highest BCUT2D eigenvalue weighted by atomic mass is 16.5. The van der Waals surface area contributed by atoms with Crippen LogP contribution in [-0.2, 0) is 6.61 Å². The van der Waals surface area contributed by atoms with Crippen molar-refractivity contribution in [3.05, 3.63) is 83.4 Å². The molecule has 0 heterocycles. The van der Waals surface area contributed by atoms with Gasteiger partial charge in [0.05, 0.1) is 0 Å². The summed E-state index contributed by atoms with van der Waals surface area (Å²) in [6.45, 7) is 4.66. The standard InChI is InChI=1S/C22H23NO2/c1-16-8-7-11-21(23-3)20(16)15-24-22-13-12-19(14-17(22)2)25-18-9-5-4-6-10-18/h4-14,23H,15H2,1-3H3. The van der Waals surface area contributed by atoms with Crippen LogP contribution in [0, 0.1) is 13.8 Å². The van der Waals surface area contributed by atoms with Gasteiger partial charge in [0.2, 0.25) is 0 Å². The molecule has 0 aliphatic carbocycles. The number of anilines is 1. The van der Waals surface area contributed by atoms with Gasteiger partial charge in [-0.05, 0) is 61.4 Å². The summed E-state index contributed by atoms with van der Waals surface area (Å²) in [5.41, 5.74) is 4.54. The number of rotatable bonds is 6. The Morgan fingerprint density at radius 3 is 2.32 bits per heavy atom. The molecule has 3 heteroatoms. The molecule has 3 aromatic carbocycles. The fraction of sp³-hybridized carbons (Fsp3) is 0.182. The lowest BCUT2D eigenvalue weighted by Gasteiger charge is -2.15. The van der Waals surface area contributed by atoms with Crippen molar-refractivity contribution in [2.24, 2.45) is 0 Å². The fourth-order valence-electron chi connectivity index (χ4n) is 2.75. The number of hydrogen-bond donors (Lipinski definition) is 1. The summed E-state index contributed by atoms with van der Waals surface area (Å²) in [6.07, 6.45) is 0. The monoisotopic (exact) mass is 333 g/mol. The molecule has 3 rings (SSSR count). The predicted octanol–water partition coefficient (Wildman–Crippen LogP) is 5.72. The topological polar surface area (TPSA) is 30.5 Å². The summed E-state index contributed by atoms with van der Waals surface area (Å²) in [4.78, 5) is 0. The zero-order chi connectivity index (χ0) is 17.6. The van der Waals surface area contributed by atoms with E-state index in [9.17, 15) is 0 Å². The van der Waals surface area contributed by atoms with E-state index in [1.54, 1.807) is 0 Å². The molecule has 0 amide bonds. The van der Waals surface area contributed by atoms with Gasteiger partial charge in [0, 0.05) is 18.3 Å². The maximum Gasteiger partial charge on any atom is 0.127 e. The van der Waals surface area contributed by atoms with E-state index in [1.807, 2.05) is 68.6 Å². The molecule has 0 spiro atoms. The van der Waals surface area contributed by atoms with Crippen molar-refractivity contribution in [3.63, 3.8) is 0 Å². The Morgan fingerprint density at radius 1 is 0.800 bits per heavy atom. The van der Waals surface area contributed by atoms with Crippen molar-refractivity contribution in [2.45, 2.75) is 20.5 Å². The number of aryl methyl sites for hydroxylation is 2. The van der Waals surface area contributed by atoms with Crippen molar-refractivity contribution in [2.75, 3.05) is 12.4 Å². The Morgan fingerprint density at radius 2 is 1.60 bits per heavy atom. The van der Waals surface area contributed by atoms with Crippen LogP contribution in [0.15, 0.2) is 66.7 Å². The molecule has 0 saturated carbocycles. The van der Waals surface area contributed by atoms with E-state index in [1.165, 1.54) is 11.1 Å². The molecule has 0 atom stereocenters. The quantitative estimate of drug-likeness (QED) is 0.626. The first-order valence-electron chi connectivity index (χ1n) is 8.40. The lowest BCUT2D eigenvalue weighted by atomic mass is 10.1. The van der Waals surface area contributed by atoms with Crippen LogP contribution in [0.2, 0.25) is 0 Å². The maximum atomic E-state index is 6.06. The lowest BCUT2D eigenvalue weighted by Crippen LogP contribution is -2.03.